The molecule has 19 heavy (non-hydrogen) atoms. The lowest BCUT2D eigenvalue weighted by Gasteiger charge is -2.29. The zero-order valence-corrected chi connectivity index (χ0v) is 11.1. The maximum Gasteiger partial charge on any atom is 0.219 e. The van der Waals surface area contributed by atoms with E-state index < -0.39 is 5.60 Å². The third kappa shape index (κ3) is 2.21. The molecule has 1 unspecified atom stereocenters. The second-order valence-electron chi connectivity index (χ2n) is 5.35. The number of anilines is 2. The molecule has 6 nitrogen and oxygen atoms in total. The number of fused-ring (bicyclic) bond motifs is 1. The van der Waals surface area contributed by atoms with Crippen LogP contribution in [0.25, 0.3) is 0 Å². The third-order valence-corrected chi connectivity index (χ3v) is 3.62. The van der Waals surface area contributed by atoms with Crippen LogP contribution in [0.4, 0.5) is 11.5 Å². The first-order valence-corrected chi connectivity index (χ1v) is 6.53. The van der Waals surface area contributed by atoms with E-state index in [-0.39, 0.29) is 6.61 Å². The van der Waals surface area contributed by atoms with Gasteiger partial charge in [0.25, 0.3) is 0 Å². The Hall–Kier alpha value is -1.53. The number of hydrogen-bond donors (Lipinski definition) is 2. The van der Waals surface area contributed by atoms with Crippen molar-refractivity contribution in [2.24, 2.45) is 0 Å². The van der Waals surface area contributed by atoms with Crippen molar-refractivity contribution in [3.05, 3.63) is 11.6 Å². The lowest BCUT2D eigenvalue weighted by Crippen LogP contribution is -2.37. The predicted molar refractivity (Wildman–Crippen MR) is 71.5 cm³/mol. The number of nitrogen functional groups attached to an aromatic ring is 1. The fraction of sp³-hybridized carbons (Fsp3) is 0.615. The number of rotatable bonds is 2. The van der Waals surface area contributed by atoms with Crippen molar-refractivity contribution in [3.8, 4) is 5.88 Å². The minimum absolute atomic E-state index is 0.0316. The molecule has 104 valence electrons. The molecule has 0 aromatic carbocycles. The fourth-order valence-corrected chi connectivity index (χ4v) is 2.55. The Morgan fingerprint density at radius 1 is 1.47 bits per heavy atom. The zero-order chi connectivity index (χ0) is 13.5. The van der Waals surface area contributed by atoms with Gasteiger partial charge in [0.05, 0.1) is 25.5 Å². The van der Waals surface area contributed by atoms with E-state index in [9.17, 15) is 5.11 Å². The summed E-state index contributed by atoms with van der Waals surface area (Å²) in [4.78, 5) is 6.64. The molecule has 0 spiro atoms. The number of pyridine rings is 1. The van der Waals surface area contributed by atoms with Crippen molar-refractivity contribution in [3.63, 3.8) is 0 Å². The van der Waals surface area contributed by atoms with Gasteiger partial charge in [-0.3, -0.25) is 0 Å². The summed E-state index contributed by atoms with van der Waals surface area (Å²) in [6, 6.07) is 1.91. The Morgan fingerprint density at radius 3 is 2.89 bits per heavy atom. The monoisotopic (exact) mass is 265 g/mol. The van der Waals surface area contributed by atoms with Gasteiger partial charge in [0.2, 0.25) is 5.88 Å². The highest BCUT2D eigenvalue weighted by Gasteiger charge is 2.36. The minimum Gasteiger partial charge on any atom is -0.468 e. The molecular weight excluding hydrogens is 246 g/mol. The normalized spacial score (nSPS) is 26.1. The highest BCUT2D eigenvalue weighted by Crippen LogP contribution is 2.37. The van der Waals surface area contributed by atoms with Gasteiger partial charge >= 0.3 is 0 Å². The van der Waals surface area contributed by atoms with Crippen LogP contribution >= 0.6 is 0 Å². The van der Waals surface area contributed by atoms with E-state index in [1.54, 1.807) is 0 Å². The Kier molecular flexibility index (Phi) is 2.99. The number of ether oxygens (including phenoxy) is 2. The number of aromatic nitrogens is 1. The zero-order valence-electron chi connectivity index (χ0n) is 11.1. The van der Waals surface area contributed by atoms with Gasteiger partial charge in [-0.1, -0.05) is 0 Å². The van der Waals surface area contributed by atoms with Crippen LogP contribution in [0.2, 0.25) is 0 Å². The molecular formula is C13H19N3O3. The van der Waals surface area contributed by atoms with E-state index in [4.69, 9.17) is 15.2 Å². The number of nitrogens with zero attached hydrogens (tertiary/aromatic N) is 2. The van der Waals surface area contributed by atoms with E-state index in [0.29, 0.717) is 31.2 Å². The van der Waals surface area contributed by atoms with Crippen molar-refractivity contribution in [1.29, 1.82) is 0 Å². The van der Waals surface area contributed by atoms with Crippen molar-refractivity contribution in [2.75, 3.05) is 43.5 Å². The van der Waals surface area contributed by atoms with Crippen molar-refractivity contribution >= 4 is 11.5 Å². The number of morpholine rings is 1. The van der Waals surface area contributed by atoms with Gasteiger partial charge in [-0.25, -0.2) is 0 Å². The maximum absolute atomic E-state index is 9.37. The van der Waals surface area contributed by atoms with Gasteiger partial charge in [0, 0.05) is 25.1 Å². The summed E-state index contributed by atoms with van der Waals surface area (Å²) < 4.78 is 11.1. The molecule has 1 aromatic heterocycles. The van der Waals surface area contributed by atoms with Crippen LogP contribution in [0.5, 0.6) is 5.88 Å². The summed E-state index contributed by atoms with van der Waals surface area (Å²) in [6.45, 7) is 4.79. The van der Waals surface area contributed by atoms with Crippen LogP contribution < -0.4 is 15.4 Å². The van der Waals surface area contributed by atoms with Crippen molar-refractivity contribution in [2.45, 2.75) is 18.9 Å². The molecule has 6 heteroatoms. The highest BCUT2D eigenvalue weighted by atomic mass is 16.5. The largest absolute Gasteiger partial charge is 0.468 e. The molecule has 0 aliphatic carbocycles. The number of nitrogens with two attached hydrogens (primary N) is 1. The summed E-state index contributed by atoms with van der Waals surface area (Å²) in [5.74, 6) is 1.34. The lowest BCUT2D eigenvalue weighted by molar-refractivity contribution is 0.0416. The van der Waals surface area contributed by atoms with E-state index in [0.717, 1.165) is 24.5 Å². The first kappa shape index (κ1) is 12.5. The van der Waals surface area contributed by atoms with Gasteiger partial charge in [-0.05, 0) is 13.0 Å². The standard InChI is InChI=1S/C13H19N3O3/c1-13(8-17)7-9-6-10(14)11(15-12(9)19-13)16-2-4-18-5-3-16/h6,17H,2-5,7-8,14H2,1H3. The Morgan fingerprint density at radius 2 is 2.21 bits per heavy atom. The molecule has 2 aliphatic heterocycles. The van der Waals surface area contributed by atoms with Crippen molar-refractivity contribution < 1.29 is 14.6 Å². The molecule has 3 heterocycles. The predicted octanol–water partition coefficient (Wildman–Crippen LogP) is 0.186. The highest BCUT2D eigenvalue weighted by molar-refractivity contribution is 5.66. The van der Waals surface area contributed by atoms with E-state index in [2.05, 4.69) is 9.88 Å². The fourth-order valence-electron chi connectivity index (χ4n) is 2.55. The van der Waals surface area contributed by atoms with Gasteiger partial charge in [-0.2, -0.15) is 4.98 Å². The quantitative estimate of drug-likeness (QED) is 0.794. The summed E-state index contributed by atoms with van der Waals surface area (Å²) >= 11 is 0. The van der Waals surface area contributed by atoms with Gasteiger partial charge in [-0.15, -0.1) is 0 Å². The number of hydrogen-bond acceptors (Lipinski definition) is 6. The minimum atomic E-state index is -0.578. The van der Waals surface area contributed by atoms with Crippen LogP contribution in [0.3, 0.4) is 0 Å². The second-order valence-corrected chi connectivity index (χ2v) is 5.35. The van der Waals surface area contributed by atoms with Crippen LogP contribution in [-0.4, -0.2) is 48.6 Å². The first-order valence-electron chi connectivity index (χ1n) is 6.53. The van der Waals surface area contributed by atoms with Gasteiger partial charge in [0.1, 0.15) is 5.60 Å². The average molecular weight is 265 g/mol. The molecule has 1 fully saturated rings. The van der Waals surface area contributed by atoms with E-state index in [1.807, 2.05) is 13.0 Å². The van der Waals surface area contributed by atoms with Gasteiger partial charge in [0.15, 0.2) is 5.82 Å². The van der Waals surface area contributed by atoms with E-state index in [1.165, 1.54) is 0 Å². The molecule has 3 N–H and O–H groups in total. The molecule has 0 saturated carbocycles. The maximum atomic E-state index is 9.37. The average Bonchev–Trinajstić information content (AvgIpc) is 2.75. The van der Waals surface area contributed by atoms with Gasteiger partial charge < -0.3 is 25.2 Å². The second kappa shape index (κ2) is 4.54. The first-order chi connectivity index (χ1) is 9.11. The van der Waals surface area contributed by atoms with Crippen LogP contribution in [0, 0.1) is 0 Å². The smallest absolute Gasteiger partial charge is 0.219 e. The summed E-state index contributed by atoms with van der Waals surface area (Å²) in [7, 11) is 0. The van der Waals surface area contributed by atoms with Crippen LogP contribution in [-0.2, 0) is 11.2 Å². The Labute approximate surface area is 112 Å². The van der Waals surface area contributed by atoms with Crippen molar-refractivity contribution in [1.82, 2.24) is 4.98 Å². The summed E-state index contributed by atoms with van der Waals surface area (Å²) in [6.07, 6.45) is 0.638. The number of aliphatic hydroxyl groups excluding tert-OH is 1. The van der Waals surface area contributed by atoms with Crippen LogP contribution in [0.15, 0.2) is 6.07 Å². The molecule has 1 aromatic rings. The number of aliphatic hydroxyl groups is 1. The SMILES string of the molecule is CC1(CO)Cc2cc(N)c(N3CCOCC3)nc2O1. The topological polar surface area (TPSA) is 80.8 Å². The van der Waals surface area contributed by atoms with E-state index >= 15 is 0 Å². The molecule has 0 amide bonds. The third-order valence-electron chi connectivity index (χ3n) is 3.62. The molecule has 0 bridgehead atoms. The molecule has 2 aliphatic rings. The molecule has 3 rings (SSSR count). The Bertz CT molecular complexity index is 488. The molecule has 1 saturated heterocycles. The van der Waals surface area contributed by atoms with Crippen LogP contribution in [0.1, 0.15) is 12.5 Å². The summed E-state index contributed by atoms with van der Waals surface area (Å²) in [5, 5.41) is 9.37. The lowest BCUT2D eigenvalue weighted by atomic mass is 10.0. The summed E-state index contributed by atoms with van der Waals surface area (Å²) in [5.41, 5.74) is 7.14. The molecule has 1 atom stereocenters. The molecule has 0 radical (unpaired) electrons. The Balaban J connectivity index is 1.91.